The molecule has 19 aromatic rings. The maximum atomic E-state index is 10.0. The third kappa shape index (κ3) is 23.3. The second-order valence-corrected chi connectivity index (χ2v) is 34.2. The molecule has 1 N–H and O–H groups in total. The molecule has 707 valence electrons. The van der Waals surface area contributed by atoms with Gasteiger partial charge in [0.25, 0.3) is 11.3 Å². The topological polar surface area (TPSA) is 126 Å². The molecule has 6 aromatic heterocycles. The zero-order valence-corrected chi connectivity index (χ0v) is 85.6. The van der Waals surface area contributed by atoms with Crippen LogP contribution in [0.15, 0.2) is 437 Å². The van der Waals surface area contributed by atoms with Crippen LogP contribution in [0.25, 0.3) is 122 Å². The van der Waals surface area contributed by atoms with Gasteiger partial charge in [-0.2, -0.15) is 39.5 Å². The summed E-state index contributed by atoms with van der Waals surface area (Å²) in [7, 11) is 0. The largest absolute Gasteiger partial charge is 0.527 e. The molecule has 6 aliphatic heterocycles. The number of carbonyl (C=O) groups is 1. The van der Waals surface area contributed by atoms with E-state index < -0.39 is 12.1 Å². The van der Waals surface area contributed by atoms with E-state index in [1.165, 1.54) is 119 Å². The van der Waals surface area contributed by atoms with Crippen LogP contribution in [-0.2, 0) is 84.7 Å². The fourth-order valence-electron chi connectivity index (χ4n) is 17.4. The van der Waals surface area contributed by atoms with Gasteiger partial charge in [0.15, 0.2) is 18.5 Å². The average molecular weight is 2390 g/mol. The quantitative estimate of drug-likeness (QED) is 0.0443. The minimum Gasteiger partial charge on any atom is -0.527 e. The third-order valence-corrected chi connectivity index (χ3v) is 23.7. The van der Waals surface area contributed by atoms with Crippen molar-refractivity contribution < 1.29 is 99.7 Å². The average Bonchev–Trinajstić information content (AvgIpc) is 1.55. The molecule has 0 spiro atoms. The summed E-state index contributed by atoms with van der Waals surface area (Å²) in [5.41, 5.74) is 25.9. The van der Waals surface area contributed by atoms with E-state index in [0.29, 0.717) is 29.2 Å². The van der Waals surface area contributed by atoms with Crippen molar-refractivity contribution in [3.8, 4) is 78.9 Å². The smallest absolute Gasteiger partial charge is 0.294 e. The summed E-state index contributed by atoms with van der Waals surface area (Å²) in [6.07, 6.45) is 22.4. The second kappa shape index (κ2) is 47.6. The first-order valence-corrected chi connectivity index (χ1v) is 45.8. The number of anilines is 1. The van der Waals surface area contributed by atoms with E-state index in [9.17, 15) is 4.79 Å². The van der Waals surface area contributed by atoms with Crippen LogP contribution < -0.4 is 23.5 Å². The summed E-state index contributed by atoms with van der Waals surface area (Å²) in [6, 6.07) is 111. The van der Waals surface area contributed by atoms with Crippen LogP contribution in [0.5, 0.6) is 5.75 Å². The Morgan fingerprint density at radius 2 is 1.16 bits per heavy atom. The monoisotopic (exact) mass is 2390 g/mol. The molecule has 0 bridgehead atoms. The molecule has 14 nitrogen and oxygen atoms in total. The van der Waals surface area contributed by atoms with Crippen molar-refractivity contribution in [1.82, 2.24) is 34.3 Å². The van der Waals surface area contributed by atoms with Gasteiger partial charge in [0, 0.05) is 151 Å². The van der Waals surface area contributed by atoms with Crippen LogP contribution in [0.3, 0.4) is 0 Å². The van der Waals surface area contributed by atoms with Gasteiger partial charge in [-0.25, -0.2) is 4.57 Å². The number of imidazole rings is 1. The number of ether oxygens (including phenoxy) is 1. The number of rotatable bonds is 11. The van der Waals surface area contributed by atoms with E-state index in [1.807, 2.05) is 165 Å². The fourth-order valence-corrected chi connectivity index (χ4v) is 17.4. The molecule has 0 saturated heterocycles. The molecule has 0 fully saturated rings. The van der Waals surface area contributed by atoms with Crippen LogP contribution in [0, 0.1) is 30.9 Å². The van der Waals surface area contributed by atoms with Crippen molar-refractivity contribution in [3.63, 3.8) is 0 Å². The Kier molecular flexibility index (Phi) is 30.8. The fraction of sp³-hybridized carbons (Fsp3) is 0.121. The number of aliphatic hydroxyl groups excluding tert-OH is 1. The number of pyridine rings is 4. The van der Waals surface area contributed by atoms with E-state index >= 15 is 0 Å². The number of ketones is 1. The Balaban J connectivity index is 0.000000136. The second-order valence-electron chi connectivity index (χ2n) is 34.2. The first kappa shape index (κ1) is 91.2. The molecule has 17 heteroatoms. The number of aliphatic hydroxyl groups is 1. The molecule has 0 saturated carbocycles. The maximum absolute atomic E-state index is 10.0. The van der Waals surface area contributed by atoms with Crippen molar-refractivity contribution in [1.29, 1.82) is 0 Å². The van der Waals surface area contributed by atoms with Gasteiger partial charge in [0.2, 0.25) is 11.2 Å². The van der Waals surface area contributed by atoms with Crippen LogP contribution in [-0.4, -0.2) is 45.2 Å². The standard InChI is InChI=1S/C27H18N.C22H25N2.C18H16N3.C15H10NO.C13H10N2.C12H10N.C11H8N.C5H8O2.CH4.3Ir/c1-4-10-20(11-5-1)23-16-17-26-25(18-23)24(21-12-6-2-7-13-21)19-27(28-26)22-14-8-3-9-15-22;1-15(2)18-10-7-11-19(16(3)4)21(18)24-13-12-23-14-17-8-5-6-9-20(17)22(23)24;1-11(2)21-19-17-15-8-4-3-7-13(15)14-9-5-6-12-10-20(21)18(17)16(12)14;1-11-13(14-7-4-5-9-16-14)10-12-6-2-3-8-15(12)17-11;1-2-6-12(7-3-1)15-10-13-8-4-5-9-14(13)11-15;1-2-6-11-10(5-1)9-13-8-4-3-7-12(11)13;1-2-6-10(7-3-1)11-8-4-5-9-12-11;1-4(6)3-5(2)7;;;;/h1-14,16-19H;5-13,15-16H,14H2,1-4H3;3-9,11H,10H2,1-2H3;2-9H,1H2;1-6,8-11H;1-8H,9H2;1-6,8-9H;3,6H,1-2H3;1H4;;;/q-1;2*+1;-1;-2;+1;-1;;;;;/i;;;;;1D,2D,3D,4D,5D,6D,7D,8D;;;;;;. The Bertz CT molecular complexity index is 8130. The van der Waals surface area contributed by atoms with Gasteiger partial charge < -0.3 is 24.6 Å². The van der Waals surface area contributed by atoms with Gasteiger partial charge in [-0.05, 0) is 162 Å². The number of hydrogen-bond acceptors (Lipinski definition) is 9. The number of nitrogens with zero attached hydrogens (tertiary/aromatic N) is 11. The minimum absolute atomic E-state index is 0. The Morgan fingerprint density at radius 3 is 1.83 bits per heavy atom. The first-order valence-electron chi connectivity index (χ1n) is 49.8. The Morgan fingerprint density at radius 1 is 0.546 bits per heavy atom. The number of aromatic nitrogens is 9. The van der Waals surface area contributed by atoms with Crippen LogP contribution in [0.2, 0.25) is 0 Å². The van der Waals surface area contributed by atoms with Crippen molar-refractivity contribution in [2.24, 2.45) is 0 Å². The van der Waals surface area contributed by atoms with E-state index in [4.69, 9.17) is 30.9 Å². The van der Waals surface area contributed by atoms with Crippen molar-refractivity contribution in [3.05, 3.63) is 507 Å². The summed E-state index contributed by atoms with van der Waals surface area (Å²) in [4.78, 5) is 29.7. The summed E-state index contributed by atoms with van der Waals surface area (Å²) in [5, 5.41) is 19.7. The van der Waals surface area contributed by atoms with Crippen molar-refractivity contribution in [2.75, 3.05) is 4.90 Å². The van der Waals surface area contributed by atoms with Gasteiger partial charge >= 0.3 is 0 Å². The molecule has 141 heavy (non-hydrogen) atoms. The molecular weight excluding hydrogens is 2270 g/mol. The zero-order valence-electron chi connectivity index (χ0n) is 86.5. The van der Waals surface area contributed by atoms with Crippen LogP contribution in [0.4, 0.5) is 5.69 Å². The number of allylic oxidation sites excluding steroid dienone is 6. The predicted octanol–water partition coefficient (Wildman–Crippen LogP) is 27.7. The Labute approximate surface area is 879 Å². The number of para-hydroxylation sites is 3. The van der Waals surface area contributed by atoms with Gasteiger partial charge in [0.1, 0.15) is 38.6 Å². The molecule has 13 aromatic carbocycles. The summed E-state index contributed by atoms with van der Waals surface area (Å²) in [5.74, 6) is 3.62. The van der Waals surface area contributed by atoms with E-state index in [0.717, 1.165) is 80.3 Å². The molecule has 3 radical (unpaired) electrons. The normalized spacial score (nSPS) is 13.2. The van der Waals surface area contributed by atoms with E-state index in [-0.39, 0.29) is 133 Å². The number of carbonyl (C=O) groups excluding carboxylic acids is 1. The molecular formula is C124H109Ir3N11O3-2. The zero-order chi connectivity index (χ0) is 101. The number of benzene rings is 13. The molecule has 12 heterocycles. The molecule has 6 aliphatic rings. The van der Waals surface area contributed by atoms with Crippen molar-refractivity contribution in [2.45, 2.75) is 100 Å². The SMILES string of the molecule is C.C=C1Oc2ccccc2[C-]=C1c1ccccn1.CC(=O)C=C(C)O.CC(C)c1cccc(C(C)C)c1-n1cc[n+]2c1-c1ccccc1C2.CC(C)n1nc2c3ccccc3c3cccc4c3c2[n+]1C4.[2H]c1c([2H])c([2H])c2c(c1[2H])C[n+]1c([2H])c([2H])c([2H])c([2H])c1-2.[Ir].[Ir].[Ir].[c-]1ccccc1-c1cc(-c2ccccc2)c2cc(-c3ccccc3)ccc2n1.[c-]1ccccc1-c1ccccn1.[c-]1ccccc1N1C=C2C=CC=CN2[CH-]1. The van der Waals surface area contributed by atoms with Gasteiger partial charge in [-0.15, -0.1) is 101 Å². The number of fused-ring (bicyclic) bond motifs is 12. The van der Waals surface area contributed by atoms with E-state index in [1.54, 1.807) is 12.4 Å². The summed E-state index contributed by atoms with van der Waals surface area (Å²) in [6.45, 7) is 24.2. The molecule has 0 amide bonds. The van der Waals surface area contributed by atoms with Crippen LogP contribution >= 0.6 is 0 Å². The summed E-state index contributed by atoms with van der Waals surface area (Å²) < 4.78 is 76.6. The van der Waals surface area contributed by atoms with Crippen molar-refractivity contribution >= 4 is 60.5 Å². The minimum atomic E-state index is -0.411. The summed E-state index contributed by atoms with van der Waals surface area (Å²) >= 11 is 0. The molecule has 0 atom stereocenters. The Hall–Kier alpha value is -14.9. The maximum Gasteiger partial charge on any atom is 0.294 e. The first-order chi connectivity index (χ1) is 70.3. The number of hydrogen-bond donors (Lipinski definition) is 1. The predicted molar refractivity (Wildman–Crippen MR) is 560 cm³/mol. The molecule has 0 unspecified atom stereocenters. The van der Waals surface area contributed by atoms with Gasteiger partial charge in [-0.3, -0.25) is 14.8 Å². The third-order valence-electron chi connectivity index (χ3n) is 23.7. The van der Waals surface area contributed by atoms with Crippen LogP contribution in [0.1, 0.15) is 131 Å². The molecule has 25 rings (SSSR count). The van der Waals surface area contributed by atoms with Gasteiger partial charge in [0.05, 0.1) is 43.5 Å². The van der Waals surface area contributed by atoms with Gasteiger partial charge in [-0.1, -0.05) is 265 Å². The molecule has 0 aliphatic carbocycles. The van der Waals surface area contributed by atoms with E-state index in [2.05, 4.69) is 299 Å².